The number of alkyl carbamates (subject to hydrolysis) is 1. The fraction of sp³-hybridized carbons (Fsp3) is 0.467. The predicted molar refractivity (Wildman–Crippen MR) is 75.9 cm³/mol. The van der Waals surface area contributed by atoms with E-state index in [9.17, 15) is 22.8 Å². The molecule has 23 heavy (non-hydrogen) atoms. The molecule has 0 spiro atoms. The lowest BCUT2D eigenvalue weighted by atomic mass is 10.0. The van der Waals surface area contributed by atoms with Crippen LogP contribution in [0.25, 0.3) is 0 Å². The van der Waals surface area contributed by atoms with Gasteiger partial charge < -0.3 is 15.2 Å². The molecule has 8 heteroatoms. The van der Waals surface area contributed by atoms with Crippen molar-refractivity contribution in [2.24, 2.45) is 0 Å². The van der Waals surface area contributed by atoms with E-state index in [4.69, 9.17) is 11.2 Å². The number of hydrogen-bond acceptors (Lipinski definition) is 3. The molecule has 1 rings (SSSR count). The summed E-state index contributed by atoms with van der Waals surface area (Å²) < 4.78 is 49.6. The molecule has 0 saturated carbocycles. The normalized spacial score (nSPS) is 13.9. The zero-order chi connectivity index (χ0) is 18.5. The van der Waals surface area contributed by atoms with E-state index in [0.29, 0.717) is 5.56 Å². The first kappa shape index (κ1) is 17.1. The van der Waals surface area contributed by atoms with E-state index in [1.165, 1.54) is 13.8 Å². The van der Waals surface area contributed by atoms with Crippen LogP contribution in [0.2, 0.25) is 0 Å². The smallest absolute Gasteiger partial charge is 0.416 e. The van der Waals surface area contributed by atoms with Gasteiger partial charge in [0.05, 0.1) is 5.56 Å². The number of alkyl halides is 3. The van der Waals surface area contributed by atoms with Gasteiger partial charge in [-0.05, 0) is 38.4 Å². The molecule has 1 aromatic rings. The Morgan fingerprint density at radius 2 is 1.87 bits per heavy atom. The standard InChI is InChI=1S/C15H18F3NO4/c1-14(2,3)23-13(22)19-11(12(20)21)8-9-4-6-10(7-5-9)15(16,17)18/h4-7,11H,8H2,1-3H3,(H,19,22)(H,20,21)/t11-/m0/s1/i1D. The molecule has 0 saturated heterocycles. The van der Waals surface area contributed by atoms with Crippen LogP contribution in [0.3, 0.4) is 0 Å². The largest absolute Gasteiger partial charge is 0.480 e. The van der Waals surface area contributed by atoms with E-state index in [0.717, 1.165) is 24.3 Å². The lowest BCUT2D eigenvalue weighted by molar-refractivity contribution is -0.139. The zero-order valence-electron chi connectivity index (χ0n) is 13.6. The van der Waals surface area contributed by atoms with Gasteiger partial charge in [-0.2, -0.15) is 13.2 Å². The van der Waals surface area contributed by atoms with Gasteiger partial charge in [-0.1, -0.05) is 12.1 Å². The second-order valence-electron chi connectivity index (χ2n) is 5.58. The number of nitrogens with one attached hydrogen (secondary N) is 1. The Labute approximate surface area is 132 Å². The first-order valence-corrected chi connectivity index (χ1v) is 6.62. The molecule has 0 aliphatic heterocycles. The minimum absolute atomic E-state index is 0.204. The highest BCUT2D eigenvalue weighted by Gasteiger charge is 2.30. The molecule has 0 aromatic heterocycles. The summed E-state index contributed by atoms with van der Waals surface area (Å²) in [6.45, 7) is 2.77. The Morgan fingerprint density at radius 3 is 2.30 bits per heavy atom. The maximum Gasteiger partial charge on any atom is 0.416 e. The first-order chi connectivity index (χ1) is 10.9. The summed E-state index contributed by atoms with van der Waals surface area (Å²) in [7, 11) is 0. The Hall–Kier alpha value is -2.25. The van der Waals surface area contributed by atoms with Crippen molar-refractivity contribution < 1.29 is 34.0 Å². The van der Waals surface area contributed by atoms with Crippen molar-refractivity contribution in [1.29, 1.82) is 0 Å². The second kappa shape index (κ2) is 6.89. The van der Waals surface area contributed by atoms with Crippen LogP contribution < -0.4 is 5.32 Å². The molecule has 0 fully saturated rings. The molecule has 5 nitrogen and oxygen atoms in total. The maximum absolute atomic E-state index is 12.5. The Morgan fingerprint density at radius 1 is 1.30 bits per heavy atom. The number of halogens is 3. The highest BCUT2D eigenvalue weighted by atomic mass is 19.4. The molecule has 2 N–H and O–H groups in total. The third-order valence-corrected chi connectivity index (χ3v) is 2.68. The summed E-state index contributed by atoms with van der Waals surface area (Å²) in [5.74, 6) is -1.35. The van der Waals surface area contributed by atoms with Gasteiger partial charge in [0, 0.05) is 7.79 Å². The number of ether oxygens (including phenoxy) is 1. The van der Waals surface area contributed by atoms with Crippen LogP contribution in [-0.4, -0.2) is 28.8 Å². The van der Waals surface area contributed by atoms with Gasteiger partial charge in [0.15, 0.2) is 0 Å². The van der Waals surface area contributed by atoms with Crippen molar-refractivity contribution in [3.8, 4) is 0 Å². The van der Waals surface area contributed by atoms with Gasteiger partial charge in [-0.25, -0.2) is 9.59 Å². The summed E-state index contributed by atoms with van der Waals surface area (Å²) in [6.07, 6.45) is -5.69. The van der Waals surface area contributed by atoms with Gasteiger partial charge in [0.25, 0.3) is 0 Å². The molecule has 0 unspecified atom stereocenters. The minimum atomic E-state index is -4.48. The topological polar surface area (TPSA) is 75.6 Å². The lowest BCUT2D eigenvalue weighted by Crippen LogP contribution is -2.44. The van der Waals surface area contributed by atoms with Crippen molar-refractivity contribution in [1.82, 2.24) is 5.32 Å². The average molecular weight is 334 g/mol. The molecule has 0 aliphatic carbocycles. The molecular weight excluding hydrogens is 315 g/mol. The van der Waals surface area contributed by atoms with Crippen molar-refractivity contribution in [2.75, 3.05) is 0 Å². The SMILES string of the molecule is [2H]CC(C)(C)OC(=O)N[C@@H](Cc1ccc(C(F)(F)F)cc1)C(=O)O. The molecule has 1 atom stereocenters. The molecule has 0 bridgehead atoms. The van der Waals surface area contributed by atoms with E-state index < -0.39 is 35.4 Å². The molecule has 128 valence electrons. The predicted octanol–water partition coefficient (Wildman–Crippen LogP) is 3.23. The van der Waals surface area contributed by atoms with Crippen LogP contribution in [0, 0.1) is 0 Å². The zero-order valence-corrected chi connectivity index (χ0v) is 12.6. The van der Waals surface area contributed by atoms with Crippen LogP contribution in [-0.2, 0) is 22.1 Å². The van der Waals surface area contributed by atoms with E-state index >= 15 is 0 Å². The van der Waals surface area contributed by atoms with E-state index in [1.54, 1.807) is 0 Å². The summed E-state index contributed by atoms with van der Waals surface area (Å²) in [5.41, 5.74) is -1.61. The average Bonchev–Trinajstić information content (AvgIpc) is 2.45. The van der Waals surface area contributed by atoms with Crippen LogP contribution in [0.1, 0.15) is 33.2 Å². The summed E-state index contributed by atoms with van der Waals surface area (Å²) >= 11 is 0. The molecular formula is C15H18F3NO4. The van der Waals surface area contributed by atoms with Gasteiger partial charge >= 0.3 is 18.2 Å². The number of benzene rings is 1. The Bertz CT molecular complexity index is 587. The van der Waals surface area contributed by atoms with Gasteiger partial charge in [-0.15, -0.1) is 0 Å². The van der Waals surface area contributed by atoms with Gasteiger partial charge in [0.1, 0.15) is 11.6 Å². The third-order valence-electron chi connectivity index (χ3n) is 2.68. The summed E-state index contributed by atoms with van der Waals surface area (Å²) in [5, 5.41) is 11.3. The quantitative estimate of drug-likeness (QED) is 0.886. The maximum atomic E-state index is 12.5. The monoisotopic (exact) mass is 334 g/mol. The number of amides is 1. The van der Waals surface area contributed by atoms with Crippen molar-refractivity contribution in [2.45, 2.75) is 45.0 Å². The number of hydrogen-bond donors (Lipinski definition) is 2. The van der Waals surface area contributed by atoms with Gasteiger partial charge in [-0.3, -0.25) is 0 Å². The molecule has 0 aliphatic rings. The van der Waals surface area contributed by atoms with Crippen LogP contribution >= 0.6 is 0 Å². The Balaban J connectivity index is 2.77. The number of aliphatic carboxylic acids is 1. The highest BCUT2D eigenvalue weighted by molar-refractivity contribution is 5.80. The molecule has 0 heterocycles. The van der Waals surface area contributed by atoms with E-state index in [2.05, 4.69) is 5.32 Å². The minimum Gasteiger partial charge on any atom is -0.480 e. The van der Waals surface area contributed by atoms with Crippen molar-refractivity contribution >= 4 is 12.1 Å². The van der Waals surface area contributed by atoms with Crippen LogP contribution in [0.4, 0.5) is 18.0 Å². The first-order valence-electron chi connectivity index (χ1n) is 7.33. The summed E-state index contributed by atoms with van der Waals surface area (Å²) in [4.78, 5) is 22.9. The van der Waals surface area contributed by atoms with Crippen LogP contribution in [0.5, 0.6) is 0 Å². The van der Waals surface area contributed by atoms with Gasteiger partial charge in [0.2, 0.25) is 0 Å². The fourth-order valence-electron chi connectivity index (χ4n) is 1.69. The highest BCUT2D eigenvalue weighted by Crippen LogP contribution is 2.29. The van der Waals surface area contributed by atoms with E-state index in [1.807, 2.05) is 0 Å². The second-order valence-corrected chi connectivity index (χ2v) is 5.58. The van der Waals surface area contributed by atoms with Crippen molar-refractivity contribution in [3.63, 3.8) is 0 Å². The van der Waals surface area contributed by atoms with Crippen molar-refractivity contribution in [3.05, 3.63) is 35.4 Å². The number of carbonyl (C=O) groups excluding carboxylic acids is 1. The molecule has 1 aromatic carbocycles. The number of carbonyl (C=O) groups is 2. The molecule has 1 amide bonds. The number of rotatable bonds is 4. The molecule has 0 radical (unpaired) electrons. The van der Waals surface area contributed by atoms with E-state index in [-0.39, 0.29) is 13.3 Å². The Kier molecular flexibility index (Phi) is 5.12. The summed E-state index contributed by atoms with van der Waals surface area (Å²) in [6, 6.07) is 2.63. The number of carboxylic acids is 1. The lowest BCUT2D eigenvalue weighted by Gasteiger charge is -2.22. The third kappa shape index (κ3) is 6.58. The van der Waals surface area contributed by atoms with Crippen LogP contribution in [0.15, 0.2) is 24.3 Å². The fourth-order valence-corrected chi connectivity index (χ4v) is 1.69. The number of carboxylic acid groups (broad SMARTS) is 1.